The molecule has 0 N–H and O–H groups in total. The predicted octanol–water partition coefficient (Wildman–Crippen LogP) is 5.48. The second-order valence-electron chi connectivity index (χ2n) is 4.58. The lowest BCUT2D eigenvalue weighted by molar-refractivity contribution is 0.829. The highest BCUT2D eigenvalue weighted by Gasteiger charge is 2.08. The Morgan fingerprint density at radius 2 is 1.96 bits per heavy atom. The fourth-order valence-electron chi connectivity index (χ4n) is 1.96. The van der Waals surface area contributed by atoms with Crippen molar-refractivity contribution in [1.29, 1.82) is 5.26 Å². The summed E-state index contributed by atoms with van der Waals surface area (Å²) in [6.45, 7) is 0. The first-order valence-corrected chi connectivity index (χ1v) is 9.23. The van der Waals surface area contributed by atoms with Crippen LogP contribution in [0.2, 0.25) is 5.02 Å². The Hall–Kier alpha value is -1.65. The third kappa shape index (κ3) is 3.82. The fourth-order valence-corrected chi connectivity index (χ4v) is 4.45. The molecule has 3 nitrogen and oxygen atoms in total. The van der Waals surface area contributed by atoms with Crippen LogP contribution in [0, 0.1) is 15.3 Å². The summed E-state index contributed by atoms with van der Waals surface area (Å²) in [4.78, 5) is 0. The number of aromatic nitrogens is 2. The quantitative estimate of drug-likeness (QED) is 0.447. The third-order valence-electron chi connectivity index (χ3n) is 3.09. The van der Waals surface area contributed by atoms with Crippen molar-refractivity contribution in [3.63, 3.8) is 0 Å². The standard InChI is InChI=1S/C16H10ClN3S3/c17-13-5-7-14(8-6-13)20-16(21)23-15(19-20)22-10-12-4-2-1-3-11(12)9-18/h1-8H,10H2. The second kappa shape index (κ2) is 7.28. The van der Waals surface area contributed by atoms with Gasteiger partial charge in [-0.2, -0.15) is 5.26 Å². The van der Waals surface area contributed by atoms with Crippen LogP contribution in [0.5, 0.6) is 0 Å². The molecule has 3 aromatic rings. The molecule has 0 radical (unpaired) electrons. The van der Waals surface area contributed by atoms with Gasteiger partial charge >= 0.3 is 0 Å². The number of nitrogens with zero attached hydrogens (tertiary/aromatic N) is 3. The maximum atomic E-state index is 9.13. The molecule has 0 saturated carbocycles. The van der Waals surface area contributed by atoms with E-state index in [1.54, 1.807) is 16.4 Å². The van der Waals surface area contributed by atoms with E-state index in [1.165, 1.54) is 11.3 Å². The van der Waals surface area contributed by atoms with Crippen LogP contribution in [0.4, 0.5) is 0 Å². The molecule has 2 aromatic carbocycles. The van der Waals surface area contributed by atoms with E-state index in [0.717, 1.165) is 15.6 Å². The van der Waals surface area contributed by atoms with E-state index >= 15 is 0 Å². The molecule has 1 heterocycles. The van der Waals surface area contributed by atoms with Crippen LogP contribution in [-0.4, -0.2) is 9.78 Å². The lowest BCUT2D eigenvalue weighted by Crippen LogP contribution is -1.95. The van der Waals surface area contributed by atoms with Crippen molar-refractivity contribution in [2.45, 2.75) is 10.1 Å². The van der Waals surface area contributed by atoms with Gasteiger partial charge in [-0.3, -0.25) is 0 Å². The summed E-state index contributed by atoms with van der Waals surface area (Å²) in [5.41, 5.74) is 2.58. The predicted molar refractivity (Wildman–Crippen MR) is 98.0 cm³/mol. The molecule has 0 amide bonds. The van der Waals surface area contributed by atoms with E-state index < -0.39 is 0 Å². The number of hydrogen-bond acceptors (Lipinski definition) is 5. The Labute approximate surface area is 152 Å². The first kappa shape index (κ1) is 16.2. The highest BCUT2D eigenvalue weighted by molar-refractivity contribution is 8.00. The number of nitriles is 1. The summed E-state index contributed by atoms with van der Waals surface area (Å²) in [5, 5.41) is 14.4. The molecule has 0 saturated heterocycles. The minimum atomic E-state index is 0.679. The highest BCUT2D eigenvalue weighted by atomic mass is 35.5. The highest BCUT2D eigenvalue weighted by Crippen LogP contribution is 2.28. The van der Waals surface area contributed by atoms with Crippen molar-refractivity contribution in [3.8, 4) is 11.8 Å². The zero-order valence-electron chi connectivity index (χ0n) is 11.8. The summed E-state index contributed by atoms with van der Waals surface area (Å²) in [6.07, 6.45) is 0. The van der Waals surface area contributed by atoms with Gasteiger partial charge in [-0.15, -0.1) is 5.10 Å². The Morgan fingerprint density at radius 1 is 1.22 bits per heavy atom. The zero-order valence-corrected chi connectivity index (χ0v) is 15.0. The smallest absolute Gasteiger partial charge is 0.184 e. The molecule has 114 valence electrons. The molecular weight excluding hydrogens is 366 g/mol. The van der Waals surface area contributed by atoms with Crippen LogP contribution >= 0.6 is 46.9 Å². The molecule has 0 fully saturated rings. The number of halogens is 1. The van der Waals surface area contributed by atoms with Gasteiger partial charge in [-0.05, 0) is 48.1 Å². The van der Waals surface area contributed by atoms with Crippen molar-refractivity contribution >= 4 is 46.9 Å². The van der Waals surface area contributed by atoms with Crippen molar-refractivity contribution < 1.29 is 0 Å². The van der Waals surface area contributed by atoms with E-state index in [1.807, 2.05) is 48.5 Å². The molecule has 23 heavy (non-hydrogen) atoms. The van der Waals surface area contributed by atoms with Crippen LogP contribution in [0.1, 0.15) is 11.1 Å². The molecule has 0 bridgehead atoms. The fraction of sp³-hybridized carbons (Fsp3) is 0.0625. The summed E-state index contributed by atoms with van der Waals surface area (Å²) in [5.74, 6) is 0.687. The average Bonchev–Trinajstić information content (AvgIpc) is 2.95. The van der Waals surface area contributed by atoms with Crippen LogP contribution in [0.3, 0.4) is 0 Å². The van der Waals surface area contributed by atoms with Crippen molar-refractivity contribution in [2.75, 3.05) is 0 Å². The molecule has 0 aliphatic carbocycles. The number of thioether (sulfide) groups is 1. The first-order valence-electron chi connectivity index (χ1n) is 6.64. The SMILES string of the molecule is N#Cc1ccccc1CSc1nn(-c2ccc(Cl)cc2)c(=S)s1. The van der Waals surface area contributed by atoms with Gasteiger partial charge in [0.2, 0.25) is 0 Å². The lowest BCUT2D eigenvalue weighted by atomic mass is 10.1. The topological polar surface area (TPSA) is 41.6 Å². The number of benzene rings is 2. The van der Waals surface area contributed by atoms with E-state index in [4.69, 9.17) is 29.1 Å². The Morgan fingerprint density at radius 3 is 2.70 bits per heavy atom. The zero-order chi connectivity index (χ0) is 16.2. The van der Waals surface area contributed by atoms with Gasteiger partial charge in [0.25, 0.3) is 0 Å². The maximum absolute atomic E-state index is 9.13. The Kier molecular flexibility index (Phi) is 5.13. The molecule has 0 aliphatic heterocycles. The molecule has 3 rings (SSSR count). The van der Waals surface area contributed by atoms with Crippen molar-refractivity contribution in [3.05, 3.63) is 68.6 Å². The van der Waals surface area contributed by atoms with E-state index in [-0.39, 0.29) is 0 Å². The van der Waals surface area contributed by atoms with Crippen LogP contribution < -0.4 is 0 Å². The molecule has 0 aliphatic rings. The largest absolute Gasteiger partial charge is 0.211 e. The Bertz CT molecular complexity index is 923. The second-order valence-corrected chi connectivity index (χ2v) is 7.86. The average molecular weight is 376 g/mol. The molecule has 0 unspecified atom stereocenters. The molecular formula is C16H10ClN3S3. The van der Waals surface area contributed by atoms with Gasteiger partial charge in [0, 0.05) is 10.8 Å². The minimum Gasteiger partial charge on any atom is -0.211 e. The van der Waals surface area contributed by atoms with E-state index in [9.17, 15) is 0 Å². The van der Waals surface area contributed by atoms with Crippen LogP contribution in [0.15, 0.2) is 52.9 Å². The number of rotatable bonds is 4. The summed E-state index contributed by atoms with van der Waals surface area (Å²) in [7, 11) is 0. The van der Waals surface area contributed by atoms with Gasteiger partial charge in [0.1, 0.15) is 0 Å². The van der Waals surface area contributed by atoms with Gasteiger partial charge in [-0.1, -0.05) is 52.9 Å². The van der Waals surface area contributed by atoms with E-state index in [0.29, 0.717) is 20.3 Å². The monoisotopic (exact) mass is 375 g/mol. The van der Waals surface area contributed by atoms with E-state index in [2.05, 4.69) is 11.2 Å². The molecule has 7 heteroatoms. The Balaban J connectivity index is 1.80. The molecule has 1 aromatic heterocycles. The summed E-state index contributed by atoms with van der Waals surface area (Å²) in [6, 6.07) is 17.2. The van der Waals surface area contributed by atoms with Gasteiger partial charge in [0.15, 0.2) is 8.29 Å². The van der Waals surface area contributed by atoms with Crippen LogP contribution in [0.25, 0.3) is 5.69 Å². The van der Waals surface area contributed by atoms with Gasteiger partial charge in [-0.25, -0.2) is 4.68 Å². The van der Waals surface area contributed by atoms with Crippen molar-refractivity contribution in [2.24, 2.45) is 0 Å². The first-order chi connectivity index (χ1) is 11.2. The molecule has 0 atom stereocenters. The normalized spacial score (nSPS) is 10.4. The van der Waals surface area contributed by atoms with Gasteiger partial charge in [0.05, 0.1) is 17.3 Å². The maximum Gasteiger partial charge on any atom is 0.184 e. The van der Waals surface area contributed by atoms with Crippen LogP contribution in [-0.2, 0) is 5.75 Å². The minimum absolute atomic E-state index is 0.679. The van der Waals surface area contributed by atoms with Gasteiger partial charge < -0.3 is 0 Å². The third-order valence-corrected chi connectivity index (χ3v) is 5.76. The summed E-state index contributed by atoms with van der Waals surface area (Å²) < 4.78 is 3.29. The molecule has 0 spiro atoms. The lowest BCUT2D eigenvalue weighted by Gasteiger charge is -2.02. The number of hydrogen-bond donors (Lipinski definition) is 0. The summed E-state index contributed by atoms with van der Waals surface area (Å²) >= 11 is 14.3. The van der Waals surface area contributed by atoms with Crippen molar-refractivity contribution in [1.82, 2.24) is 9.78 Å².